The van der Waals surface area contributed by atoms with Crippen molar-refractivity contribution in [3.05, 3.63) is 11.6 Å². The summed E-state index contributed by atoms with van der Waals surface area (Å²) in [6.07, 6.45) is 7.30. The molecule has 0 aromatic heterocycles. The van der Waals surface area contributed by atoms with Gasteiger partial charge in [0, 0.05) is 12.3 Å². The summed E-state index contributed by atoms with van der Waals surface area (Å²) in [5, 5.41) is 11.3. The predicted octanol–water partition coefficient (Wildman–Crippen LogP) is 4.33. The Morgan fingerprint density at radius 1 is 1.19 bits per heavy atom. The van der Waals surface area contributed by atoms with E-state index in [1.54, 1.807) is 13.0 Å². The van der Waals surface area contributed by atoms with Crippen LogP contribution in [0.4, 0.5) is 0 Å². The molecule has 4 aliphatic carbocycles. The number of ketones is 2. The smallest absolute Gasteiger partial charge is 0.155 e. The van der Waals surface area contributed by atoms with Crippen molar-refractivity contribution in [1.82, 2.24) is 0 Å². The van der Waals surface area contributed by atoms with Crippen LogP contribution in [0, 0.1) is 40.4 Å². The van der Waals surface area contributed by atoms with Crippen molar-refractivity contribution in [3.8, 4) is 0 Å². The lowest BCUT2D eigenvalue weighted by atomic mass is 9.44. The topological polar surface area (TPSA) is 54.4 Å². The number of carbonyl (C=O) groups excluding carboxylic acids is 2. The molecule has 0 heterocycles. The van der Waals surface area contributed by atoms with Gasteiger partial charge in [-0.2, -0.15) is 0 Å². The Balaban J connectivity index is 1.77. The van der Waals surface area contributed by atoms with Gasteiger partial charge < -0.3 is 5.11 Å². The molecule has 0 radical (unpaired) electrons. The largest absolute Gasteiger partial charge is 0.386 e. The lowest BCUT2D eigenvalue weighted by molar-refractivity contribution is -0.135. The van der Waals surface area contributed by atoms with E-state index in [-0.39, 0.29) is 22.5 Å². The van der Waals surface area contributed by atoms with Gasteiger partial charge in [-0.15, -0.1) is 0 Å². The van der Waals surface area contributed by atoms with Crippen LogP contribution in [0.1, 0.15) is 73.1 Å². The average Bonchev–Trinajstić information content (AvgIpc) is 2.79. The van der Waals surface area contributed by atoms with E-state index >= 15 is 0 Å². The third-order valence-corrected chi connectivity index (χ3v) is 9.06. The summed E-state index contributed by atoms with van der Waals surface area (Å²) >= 11 is 0. The highest BCUT2D eigenvalue weighted by Crippen LogP contribution is 2.69. The van der Waals surface area contributed by atoms with Crippen molar-refractivity contribution in [2.24, 2.45) is 40.4 Å². The van der Waals surface area contributed by atoms with E-state index in [0.717, 1.165) is 37.7 Å². The Labute approximate surface area is 157 Å². The fraction of sp³-hybridized carbons (Fsp3) is 0.826. The van der Waals surface area contributed by atoms with Crippen LogP contribution >= 0.6 is 0 Å². The Hall–Kier alpha value is -0.960. The second kappa shape index (κ2) is 5.53. The summed E-state index contributed by atoms with van der Waals surface area (Å²) in [5.41, 5.74) is 0.0891. The van der Waals surface area contributed by atoms with E-state index < -0.39 is 5.60 Å². The number of aliphatic hydroxyl groups is 1. The lowest BCUT2D eigenvalue weighted by Crippen LogP contribution is -2.57. The molecule has 3 fully saturated rings. The summed E-state index contributed by atoms with van der Waals surface area (Å²) in [6, 6.07) is 0. The SMILES string of the molecule is CC(=O)[C@H]1[C@H](C)C[C@H]2[C@@H]3C[C@@](C)(O)C4=CC(=O)CC[C@]4(C)[C@H]3CC[C@@]21C. The Kier molecular flexibility index (Phi) is 3.91. The molecule has 0 spiro atoms. The molecule has 0 unspecified atom stereocenters. The first kappa shape index (κ1) is 18.4. The minimum absolute atomic E-state index is 0.0702. The lowest BCUT2D eigenvalue weighted by Gasteiger charge is -2.61. The van der Waals surface area contributed by atoms with Gasteiger partial charge in [-0.3, -0.25) is 9.59 Å². The molecule has 0 amide bonds. The van der Waals surface area contributed by atoms with E-state index in [9.17, 15) is 14.7 Å². The number of fused-ring (bicyclic) bond motifs is 5. The standard InChI is InChI=1S/C23H34O3/c1-13-10-18-16-12-23(5,26)19-11-15(25)6-8-21(19,3)17(16)7-9-22(18,4)20(13)14(2)24/h11,13,16-18,20,26H,6-10,12H2,1-5H3/t13-,16-,17+,18+,20-,21-,22+,23-/m1/s1. The Morgan fingerprint density at radius 2 is 1.88 bits per heavy atom. The number of carbonyl (C=O) groups is 2. The van der Waals surface area contributed by atoms with Crippen molar-refractivity contribution < 1.29 is 14.7 Å². The van der Waals surface area contributed by atoms with Gasteiger partial charge >= 0.3 is 0 Å². The first-order valence-electron chi connectivity index (χ1n) is 10.5. The zero-order valence-electron chi connectivity index (χ0n) is 17.0. The summed E-state index contributed by atoms with van der Waals surface area (Å²) in [7, 11) is 0. The summed E-state index contributed by atoms with van der Waals surface area (Å²) < 4.78 is 0. The molecule has 3 nitrogen and oxygen atoms in total. The molecule has 0 aromatic carbocycles. The van der Waals surface area contributed by atoms with Crippen molar-refractivity contribution in [1.29, 1.82) is 0 Å². The normalized spacial score (nSPS) is 53.4. The molecule has 4 rings (SSSR count). The predicted molar refractivity (Wildman–Crippen MR) is 101 cm³/mol. The third-order valence-electron chi connectivity index (χ3n) is 9.06. The van der Waals surface area contributed by atoms with Crippen LogP contribution < -0.4 is 0 Å². The van der Waals surface area contributed by atoms with E-state index in [1.807, 2.05) is 6.92 Å². The average molecular weight is 359 g/mol. The molecular weight excluding hydrogens is 324 g/mol. The van der Waals surface area contributed by atoms with E-state index in [0.29, 0.717) is 35.9 Å². The third kappa shape index (κ3) is 2.28. The molecular formula is C23H34O3. The zero-order valence-corrected chi connectivity index (χ0v) is 17.0. The fourth-order valence-electron chi connectivity index (χ4n) is 8.23. The molecule has 3 saturated carbocycles. The maximum atomic E-state index is 12.4. The quantitative estimate of drug-likeness (QED) is 0.759. The molecule has 0 saturated heterocycles. The Morgan fingerprint density at radius 3 is 2.54 bits per heavy atom. The number of hydrogen-bond donors (Lipinski definition) is 1. The molecule has 4 aliphatic rings. The first-order valence-corrected chi connectivity index (χ1v) is 10.5. The van der Waals surface area contributed by atoms with Crippen LogP contribution in [0.25, 0.3) is 0 Å². The van der Waals surface area contributed by atoms with Gasteiger partial charge in [0.05, 0.1) is 5.60 Å². The van der Waals surface area contributed by atoms with Gasteiger partial charge in [0.15, 0.2) is 5.78 Å². The molecule has 144 valence electrons. The van der Waals surface area contributed by atoms with Gasteiger partial charge in [-0.25, -0.2) is 0 Å². The zero-order chi connectivity index (χ0) is 19.1. The highest BCUT2D eigenvalue weighted by atomic mass is 16.3. The highest BCUT2D eigenvalue weighted by Gasteiger charge is 2.64. The molecule has 0 aromatic rings. The van der Waals surface area contributed by atoms with E-state index in [1.165, 1.54) is 0 Å². The molecule has 3 heteroatoms. The van der Waals surface area contributed by atoms with Crippen LogP contribution in [0.2, 0.25) is 0 Å². The number of rotatable bonds is 1. The van der Waals surface area contributed by atoms with Gasteiger partial charge in [-0.1, -0.05) is 20.8 Å². The van der Waals surface area contributed by atoms with Gasteiger partial charge in [-0.05, 0) is 92.1 Å². The fourth-order valence-corrected chi connectivity index (χ4v) is 8.23. The van der Waals surface area contributed by atoms with Gasteiger partial charge in [0.2, 0.25) is 0 Å². The number of Topliss-reactive ketones (excluding diaryl/α,β-unsaturated/α-hetero) is 1. The molecule has 0 bridgehead atoms. The van der Waals surface area contributed by atoms with Crippen LogP contribution in [-0.2, 0) is 9.59 Å². The van der Waals surface area contributed by atoms with E-state index in [4.69, 9.17) is 0 Å². The molecule has 8 atom stereocenters. The van der Waals surface area contributed by atoms with Crippen molar-refractivity contribution in [2.45, 2.75) is 78.7 Å². The second-order valence-corrected chi connectivity index (χ2v) is 10.6. The van der Waals surface area contributed by atoms with Crippen molar-refractivity contribution in [2.75, 3.05) is 0 Å². The van der Waals surface area contributed by atoms with Crippen molar-refractivity contribution >= 4 is 11.6 Å². The molecule has 0 aliphatic heterocycles. The maximum Gasteiger partial charge on any atom is 0.155 e. The second-order valence-electron chi connectivity index (χ2n) is 10.6. The minimum Gasteiger partial charge on any atom is -0.386 e. The monoisotopic (exact) mass is 358 g/mol. The number of hydrogen-bond acceptors (Lipinski definition) is 3. The first-order chi connectivity index (χ1) is 12.0. The minimum atomic E-state index is -0.901. The summed E-state index contributed by atoms with van der Waals surface area (Å²) in [6.45, 7) is 10.6. The van der Waals surface area contributed by atoms with Crippen LogP contribution in [0.5, 0.6) is 0 Å². The summed E-state index contributed by atoms with van der Waals surface area (Å²) in [4.78, 5) is 24.5. The highest BCUT2D eigenvalue weighted by molar-refractivity contribution is 5.92. The van der Waals surface area contributed by atoms with E-state index in [2.05, 4.69) is 20.8 Å². The van der Waals surface area contributed by atoms with Crippen LogP contribution in [0.3, 0.4) is 0 Å². The van der Waals surface area contributed by atoms with Crippen LogP contribution in [-0.4, -0.2) is 22.3 Å². The van der Waals surface area contributed by atoms with Gasteiger partial charge in [0.1, 0.15) is 5.78 Å². The van der Waals surface area contributed by atoms with Crippen LogP contribution in [0.15, 0.2) is 11.6 Å². The van der Waals surface area contributed by atoms with Gasteiger partial charge in [0.25, 0.3) is 0 Å². The summed E-state index contributed by atoms with van der Waals surface area (Å²) in [5.74, 6) is 2.60. The molecule has 26 heavy (non-hydrogen) atoms. The molecule has 1 N–H and O–H groups in total. The Bertz CT molecular complexity index is 690. The van der Waals surface area contributed by atoms with Crippen molar-refractivity contribution in [3.63, 3.8) is 0 Å². The maximum absolute atomic E-state index is 12.4.